The molecule has 0 aliphatic carbocycles. The lowest BCUT2D eigenvalue weighted by Crippen LogP contribution is -2.46. The molecule has 0 amide bonds. The molecule has 1 rings (SSSR count). The Hall–Kier alpha value is 0.160. The van der Waals surface area contributed by atoms with E-state index >= 15 is 0 Å². The van der Waals surface area contributed by atoms with Crippen molar-refractivity contribution in [3.05, 3.63) is 0 Å². The number of nitrogens with one attached hydrogen (secondary N) is 1. The van der Waals surface area contributed by atoms with E-state index in [1.54, 1.807) is 0 Å². The Labute approximate surface area is 90.7 Å². The monoisotopic (exact) mass is 240 g/mol. The first-order chi connectivity index (χ1) is 6.53. The maximum atomic E-state index is 11.4. The van der Waals surface area contributed by atoms with Gasteiger partial charge in [0.05, 0.1) is 5.75 Å². The van der Waals surface area contributed by atoms with E-state index in [1.807, 2.05) is 7.05 Å². The van der Waals surface area contributed by atoms with Gasteiger partial charge in [0.15, 0.2) is 0 Å². The average Bonchev–Trinajstić information content (AvgIpc) is 2.02. The second kappa shape index (κ2) is 5.30. The fourth-order valence-electron chi connectivity index (χ4n) is 1.68. The standard InChI is InChI=1S/C8H17ClN2O2S/c1-11-5-2-3-8(7-11)10-14(12,13)6-4-9/h8,10H,2-7H2,1H3. The van der Waals surface area contributed by atoms with Crippen LogP contribution in [0.25, 0.3) is 0 Å². The smallest absolute Gasteiger partial charge is 0.213 e. The van der Waals surface area contributed by atoms with Crippen molar-refractivity contribution in [1.82, 2.24) is 9.62 Å². The first kappa shape index (κ1) is 12.2. The Kier molecular flexibility index (Phi) is 4.63. The van der Waals surface area contributed by atoms with E-state index < -0.39 is 10.0 Å². The van der Waals surface area contributed by atoms with E-state index in [0.717, 1.165) is 25.9 Å². The summed E-state index contributed by atoms with van der Waals surface area (Å²) in [4.78, 5) is 2.14. The van der Waals surface area contributed by atoms with Crippen LogP contribution in [-0.4, -0.2) is 51.1 Å². The fraction of sp³-hybridized carbons (Fsp3) is 1.00. The minimum Gasteiger partial charge on any atom is -0.305 e. The summed E-state index contributed by atoms with van der Waals surface area (Å²) < 4.78 is 25.5. The second-order valence-corrected chi connectivity index (χ2v) is 5.98. The molecule has 0 radical (unpaired) electrons. The molecule has 1 unspecified atom stereocenters. The third-order valence-corrected chi connectivity index (χ3v) is 4.16. The molecule has 1 fully saturated rings. The molecule has 1 aliphatic heterocycles. The zero-order valence-corrected chi connectivity index (χ0v) is 9.94. The first-order valence-corrected chi connectivity index (χ1v) is 6.97. The summed E-state index contributed by atoms with van der Waals surface area (Å²) in [5.74, 6) is 0.159. The van der Waals surface area contributed by atoms with E-state index in [9.17, 15) is 8.42 Å². The number of likely N-dealkylation sites (tertiary alicyclic amines) is 1. The molecule has 84 valence electrons. The lowest BCUT2D eigenvalue weighted by molar-refractivity contribution is 0.242. The van der Waals surface area contributed by atoms with Gasteiger partial charge in [-0.25, -0.2) is 13.1 Å². The van der Waals surface area contributed by atoms with E-state index in [0.29, 0.717) is 0 Å². The van der Waals surface area contributed by atoms with Gasteiger partial charge in [-0.1, -0.05) is 0 Å². The van der Waals surface area contributed by atoms with Crippen LogP contribution in [0.3, 0.4) is 0 Å². The fourth-order valence-corrected chi connectivity index (χ4v) is 3.31. The van der Waals surface area contributed by atoms with Gasteiger partial charge in [-0.05, 0) is 26.4 Å². The molecule has 1 aliphatic rings. The quantitative estimate of drug-likeness (QED) is 0.717. The summed E-state index contributed by atoms with van der Waals surface area (Å²) in [6, 6.07) is 0.0574. The van der Waals surface area contributed by atoms with Crippen LogP contribution in [0.2, 0.25) is 0 Å². The maximum absolute atomic E-state index is 11.4. The van der Waals surface area contributed by atoms with Crippen LogP contribution >= 0.6 is 11.6 Å². The number of piperidine rings is 1. The largest absolute Gasteiger partial charge is 0.305 e. The van der Waals surface area contributed by atoms with Gasteiger partial charge in [-0.2, -0.15) is 0 Å². The van der Waals surface area contributed by atoms with Gasteiger partial charge in [0.2, 0.25) is 10.0 Å². The van der Waals surface area contributed by atoms with Gasteiger partial charge in [-0.15, -0.1) is 11.6 Å². The molecular formula is C8H17ClN2O2S. The summed E-state index contributed by atoms with van der Waals surface area (Å²) in [6.07, 6.45) is 1.97. The molecule has 0 aromatic rings. The highest BCUT2D eigenvalue weighted by atomic mass is 35.5. The third kappa shape index (κ3) is 4.13. The van der Waals surface area contributed by atoms with Crippen molar-refractivity contribution in [3.8, 4) is 0 Å². The normalized spacial score (nSPS) is 25.1. The van der Waals surface area contributed by atoms with Gasteiger partial charge < -0.3 is 4.90 Å². The zero-order valence-electron chi connectivity index (χ0n) is 8.37. The summed E-state index contributed by atoms with van der Waals surface area (Å²) in [5.41, 5.74) is 0. The predicted octanol–water partition coefficient (Wildman–Crippen LogP) is 0.239. The molecule has 14 heavy (non-hydrogen) atoms. The molecule has 1 N–H and O–H groups in total. The minimum atomic E-state index is -3.16. The van der Waals surface area contributed by atoms with E-state index in [4.69, 9.17) is 11.6 Å². The van der Waals surface area contributed by atoms with E-state index in [1.165, 1.54) is 0 Å². The molecule has 4 nitrogen and oxygen atoms in total. The number of halogens is 1. The molecular weight excluding hydrogens is 224 g/mol. The summed E-state index contributed by atoms with van der Waals surface area (Å²) >= 11 is 5.40. The first-order valence-electron chi connectivity index (χ1n) is 4.78. The Morgan fingerprint density at radius 3 is 2.86 bits per heavy atom. The average molecular weight is 241 g/mol. The SMILES string of the molecule is CN1CCCC(NS(=O)(=O)CCCl)C1. The lowest BCUT2D eigenvalue weighted by Gasteiger charge is -2.29. The van der Waals surface area contributed by atoms with Crippen LogP contribution in [-0.2, 0) is 10.0 Å². The van der Waals surface area contributed by atoms with Gasteiger partial charge in [-0.3, -0.25) is 0 Å². The predicted molar refractivity (Wildman–Crippen MR) is 58.2 cm³/mol. The van der Waals surface area contributed by atoms with Gasteiger partial charge in [0.1, 0.15) is 0 Å². The number of hydrogen-bond acceptors (Lipinski definition) is 3. The summed E-state index contributed by atoms with van der Waals surface area (Å²) in [5, 5.41) is 0. The molecule has 0 aromatic heterocycles. The summed E-state index contributed by atoms with van der Waals surface area (Å²) in [7, 11) is -1.16. The highest BCUT2D eigenvalue weighted by Gasteiger charge is 2.21. The molecule has 1 heterocycles. The van der Waals surface area contributed by atoms with Crippen LogP contribution < -0.4 is 4.72 Å². The summed E-state index contributed by atoms with van der Waals surface area (Å²) in [6.45, 7) is 1.84. The molecule has 0 saturated carbocycles. The number of rotatable bonds is 4. The maximum Gasteiger partial charge on any atom is 0.213 e. The Morgan fingerprint density at radius 1 is 1.57 bits per heavy atom. The molecule has 6 heteroatoms. The van der Waals surface area contributed by atoms with Crippen molar-refractivity contribution in [2.24, 2.45) is 0 Å². The van der Waals surface area contributed by atoms with Gasteiger partial charge in [0.25, 0.3) is 0 Å². The number of hydrogen-bond donors (Lipinski definition) is 1. The van der Waals surface area contributed by atoms with Gasteiger partial charge >= 0.3 is 0 Å². The third-order valence-electron chi connectivity index (χ3n) is 2.32. The minimum absolute atomic E-state index is 0.00870. The topological polar surface area (TPSA) is 49.4 Å². The highest BCUT2D eigenvalue weighted by Crippen LogP contribution is 2.08. The number of likely N-dealkylation sites (N-methyl/N-ethyl adjacent to an activating group) is 1. The molecule has 1 atom stereocenters. The molecule has 0 spiro atoms. The van der Waals surface area contributed by atoms with Crippen molar-refractivity contribution in [2.75, 3.05) is 31.8 Å². The number of alkyl halides is 1. The molecule has 0 aromatic carbocycles. The number of nitrogens with zero attached hydrogens (tertiary/aromatic N) is 1. The Bertz CT molecular complexity index is 269. The van der Waals surface area contributed by atoms with E-state index in [2.05, 4.69) is 9.62 Å². The molecule has 1 saturated heterocycles. The van der Waals surface area contributed by atoms with Crippen molar-refractivity contribution < 1.29 is 8.42 Å². The van der Waals surface area contributed by atoms with Crippen molar-refractivity contribution in [3.63, 3.8) is 0 Å². The highest BCUT2D eigenvalue weighted by molar-refractivity contribution is 7.89. The molecule has 0 bridgehead atoms. The Balaban J connectivity index is 2.43. The van der Waals surface area contributed by atoms with Crippen molar-refractivity contribution in [1.29, 1.82) is 0 Å². The Morgan fingerprint density at radius 2 is 2.29 bits per heavy atom. The van der Waals surface area contributed by atoms with E-state index in [-0.39, 0.29) is 17.7 Å². The van der Waals surface area contributed by atoms with Crippen LogP contribution in [0, 0.1) is 0 Å². The van der Waals surface area contributed by atoms with Crippen molar-refractivity contribution in [2.45, 2.75) is 18.9 Å². The number of sulfonamides is 1. The van der Waals surface area contributed by atoms with Crippen molar-refractivity contribution >= 4 is 21.6 Å². The lowest BCUT2D eigenvalue weighted by atomic mass is 10.1. The van der Waals surface area contributed by atoms with Gasteiger partial charge in [0, 0.05) is 18.5 Å². The van der Waals surface area contributed by atoms with Crippen LogP contribution in [0.15, 0.2) is 0 Å². The zero-order chi connectivity index (χ0) is 10.6. The van der Waals surface area contributed by atoms with Crippen LogP contribution in [0.1, 0.15) is 12.8 Å². The second-order valence-electron chi connectivity index (χ2n) is 3.73. The van der Waals surface area contributed by atoms with Crippen LogP contribution in [0.5, 0.6) is 0 Å². The van der Waals surface area contributed by atoms with Crippen LogP contribution in [0.4, 0.5) is 0 Å².